The van der Waals surface area contributed by atoms with Gasteiger partial charge in [-0.05, 0) is 24.8 Å². The van der Waals surface area contributed by atoms with Crippen LogP contribution in [0, 0.1) is 5.92 Å². The fourth-order valence-corrected chi connectivity index (χ4v) is 4.13. The number of hydrogen-bond acceptors (Lipinski definition) is 6. The summed E-state index contributed by atoms with van der Waals surface area (Å²) >= 11 is 0. The Balaban J connectivity index is 1.71. The van der Waals surface area contributed by atoms with E-state index in [-0.39, 0.29) is 31.0 Å². The van der Waals surface area contributed by atoms with Gasteiger partial charge in [-0.2, -0.15) is 0 Å². The number of ether oxygens (including phenoxy) is 1. The highest BCUT2D eigenvalue weighted by atomic mass is 16.5. The Morgan fingerprint density at radius 3 is 2.53 bits per heavy atom. The van der Waals surface area contributed by atoms with Gasteiger partial charge in [0.25, 0.3) is 11.5 Å². The number of likely N-dealkylation sites (N-methyl/N-ethyl adjacent to an activating group) is 1. The quantitative estimate of drug-likeness (QED) is 0.572. The van der Waals surface area contributed by atoms with Crippen LogP contribution in [0.4, 0.5) is 11.5 Å². The SMILES string of the molecule is CCN(C(=O)COC(=O)CCC1CCCC1)c1c(N)n(Cc2ccccc2)c(=O)[nH]c1=O. The molecule has 1 aliphatic rings. The molecule has 9 nitrogen and oxygen atoms in total. The highest BCUT2D eigenvalue weighted by molar-refractivity contribution is 5.97. The maximum absolute atomic E-state index is 12.8. The molecule has 1 fully saturated rings. The lowest BCUT2D eigenvalue weighted by atomic mass is 10.0. The predicted molar refractivity (Wildman–Crippen MR) is 121 cm³/mol. The first-order chi connectivity index (χ1) is 15.4. The van der Waals surface area contributed by atoms with Gasteiger partial charge in [-0.1, -0.05) is 56.0 Å². The smallest absolute Gasteiger partial charge is 0.330 e. The number of amides is 1. The molecule has 0 aliphatic heterocycles. The van der Waals surface area contributed by atoms with E-state index in [4.69, 9.17) is 10.5 Å². The molecule has 1 aromatic heterocycles. The van der Waals surface area contributed by atoms with Gasteiger partial charge in [0.05, 0.1) is 6.54 Å². The van der Waals surface area contributed by atoms with Gasteiger partial charge in [0.1, 0.15) is 5.82 Å². The monoisotopic (exact) mass is 442 g/mol. The molecule has 1 aliphatic carbocycles. The molecule has 0 bridgehead atoms. The normalized spacial score (nSPS) is 13.8. The number of nitrogens with zero attached hydrogens (tertiary/aromatic N) is 2. The summed E-state index contributed by atoms with van der Waals surface area (Å²) in [7, 11) is 0. The molecular formula is C23H30N4O5. The van der Waals surface area contributed by atoms with Crippen molar-refractivity contribution in [3.63, 3.8) is 0 Å². The molecular weight excluding hydrogens is 412 g/mol. The van der Waals surface area contributed by atoms with Crippen LogP contribution in [0.3, 0.4) is 0 Å². The number of esters is 1. The third-order valence-corrected chi connectivity index (χ3v) is 5.87. The zero-order valence-corrected chi connectivity index (χ0v) is 18.3. The molecule has 0 saturated heterocycles. The summed E-state index contributed by atoms with van der Waals surface area (Å²) in [5.74, 6) is -0.583. The van der Waals surface area contributed by atoms with Gasteiger partial charge in [-0.25, -0.2) is 4.79 Å². The number of anilines is 2. The topological polar surface area (TPSA) is 127 Å². The van der Waals surface area contributed by atoms with E-state index in [9.17, 15) is 19.2 Å². The van der Waals surface area contributed by atoms with Crippen LogP contribution in [0.5, 0.6) is 0 Å². The molecule has 0 radical (unpaired) electrons. The second-order valence-electron chi connectivity index (χ2n) is 8.05. The zero-order valence-electron chi connectivity index (χ0n) is 18.3. The summed E-state index contributed by atoms with van der Waals surface area (Å²) in [6.07, 6.45) is 5.71. The maximum Gasteiger partial charge on any atom is 0.330 e. The summed E-state index contributed by atoms with van der Waals surface area (Å²) in [5, 5.41) is 0. The first kappa shape index (κ1) is 23.3. The lowest BCUT2D eigenvalue weighted by Gasteiger charge is -2.23. The van der Waals surface area contributed by atoms with E-state index in [1.807, 2.05) is 30.3 Å². The van der Waals surface area contributed by atoms with Crippen LogP contribution in [0.25, 0.3) is 0 Å². The Kier molecular flexibility index (Phi) is 7.86. The van der Waals surface area contributed by atoms with Crippen molar-refractivity contribution in [2.45, 2.75) is 52.0 Å². The van der Waals surface area contributed by atoms with Crippen LogP contribution >= 0.6 is 0 Å². The second-order valence-corrected chi connectivity index (χ2v) is 8.05. The van der Waals surface area contributed by atoms with Gasteiger partial charge >= 0.3 is 11.7 Å². The fourth-order valence-electron chi connectivity index (χ4n) is 4.13. The molecule has 2 aromatic rings. The summed E-state index contributed by atoms with van der Waals surface area (Å²) < 4.78 is 6.35. The Morgan fingerprint density at radius 2 is 1.88 bits per heavy atom. The van der Waals surface area contributed by atoms with E-state index in [1.165, 1.54) is 17.4 Å². The average molecular weight is 443 g/mol. The van der Waals surface area contributed by atoms with Gasteiger partial charge in [-0.15, -0.1) is 0 Å². The minimum Gasteiger partial charge on any atom is -0.456 e. The van der Waals surface area contributed by atoms with E-state index < -0.39 is 29.7 Å². The Labute approximate surface area is 186 Å². The first-order valence-corrected chi connectivity index (χ1v) is 11.0. The molecule has 0 spiro atoms. The van der Waals surface area contributed by atoms with Gasteiger partial charge in [-0.3, -0.25) is 23.9 Å². The highest BCUT2D eigenvalue weighted by Gasteiger charge is 2.24. The minimum atomic E-state index is -0.764. The minimum absolute atomic E-state index is 0.120. The number of nitrogens with two attached hydrogens (primary N) is 1. The molecule has 3 N–H and O–H groups in total. The fraction of sp³-hybridized carbons (Fsp3) is 0.478. The number of nitrogen functional groups attached to an aromatic ring is 1. The summed E-state index contributed by atoms with van der Waals surface area (Å²) in [6.45, 7) is 1.44. The van der Waals surface area contributed by atoms with E-state index in [0.29, 0.717) is 5.92 Å². The lowest BCUT2D eigenvalue weighted by Crippen LogP contribution is -2.42. The third-order valence-electron chi connectivity index (χ3n) is 5.87. The number of aromatic nitrogens is 2. The van der Waals surface area contributed by atoms with E-state index in [1.54, 1.807) is 6.92 Å². The van der Waals surface area contributed by atoms with Crippen molar-refractivity contribution >= 4 is 23.4 Å². The zero-order chi connectivity index (χ0) is 23.1. The standard InChI is InChI=1S/C23H30N4O5/c1-2-26(18(28)15-32-19(29)13-12-16-8-6-7-9-16)20-21(24)27(23(31)25-22(20)30)14-17-10-4-3-5-11-17/h3-5,10-11,16H,2,6-9,12-15,24H2,1H3,(H,25,30,31). The molecule has 32 heavy (non-hydrogen) atoms. The van der Waals surface area contributed by atoms with Gasteiger partial charge in [0.2, 0.25) is 0 Å². The van der Waals surface area contributed by atoms with Crippen molar-refractivity contribution in [2.75, 3.05) is 23.8 Å². The van der Waals surface area contributed by atoms with Gasteiger partial charge < -0.3 is 15.4 Å². The summed E-state index contributed by atoms with van der Waals surface area (Å²) in [6, 6.07) is 9.15. The van der Waals surface area contributed by atoms with Gasteiger partial charge in [0.15, 0.2) is 12.3 Å². The molecule has 1 aromatic carbocycles. The maximum atomic E-state index is 12.8. The van der Waals surface area contributed by atoms with Crippen LogP contribution in [-0.4, -0.2) is 34.6 Å². The molecule has 1 heterocycles. The van der Waals surface area contributed by atoms with Crippen molar-refractivity contribution in [1.29, 1.82) is 0 Å². The van der Waals surface area contributed by atoms with Crippen LogP contribution in [0.2, 0.25) is 0 Å². The van der Waals surface area contributed by atoms with E-state index in [0.717, 1.165) is 29.7 Å². The highest BCUT2D eigenvalue weighted by Crippen LogP contribution is 2.28. The van der Waals surface area contributed by atoms with Gasteiger partial charge in [0, 0.05) is 13.0 Å². The Morgan fingerprint density at radius 1 is 1.19 bits per heavy atom. The van der Waals surface area contributed by atoms with E-state index in [2.05, 4.69) is 4.98 Å². The Bertz CT molecular complexity index is 1050. The largest absolute Gasteiger partial charge is 0.456 e. The summed E-state index contributed by atoms with van der Waals surface area (Å²) in [5.41, 5.74) is 5.41. The molecule has 0 atom stereocenters. The van der Waals surface area contributed by atoms with Crippen LogP contribution in [0.15, 0.2) is 39.9 Å². The van der Waals surface area contributed by atoms with Crippen molar-refractivity contribution < 1.29 is 14.3 Å². The van der Waals surface area contributed by atoms with Crippen molar-refractivity contribution in [3.8, 4) is 0 Å². The number of rotatable bonds is 9. The number of carbonyl (C=O) groups excluding carboxylic acids is 2. The number of carbonyl (C=O) groups is 2. The third kappa shape index (κ3) is 5.66. The van der Waals surface area contributed by atoms with Crippen molar-refractivity contribution in [3.05, 3.63) is 56.7 Å². The number of benzene rings is 1. The average Bonchev–Trinajstić information content (AvgIpc) is 3.31. The van der Waals surface area contributed by atoms with Crippen LogP contribution in [-0.2, 0) is 20.9 Å². The number of H-pyrrole nitrogens is 1. The summed E-state index contributed by atoms with van der Waals surface area (Å²) in [4.78, 5) is 53.0. The van der Waals surface area contributed by atoms with E-state index >= 15 is 0 Å². The van der Waals surface area contributed by atoms with Crippen LogP contribution < -0.4 is 21.9 Å². The van der Waals surface area contributed by atoms with Crippen molar-refractivity contribution in [2.24, 2.45) is 5.92 Å². The Hall–Kier alpha value is -3.36. The molecule has 172 valence electrons. The number of nitrogens with one attached hydrogen (secondary N) is 1. The number of hydrogen-bond donors (Lipinski definition) is 2. The molecule has 1 amide bonds. The number of aromatic amines is 1. The van der Waals surface area contributed by atoms with Crippen molar-refractivity contribution in [1.82, 2.24) is 9.55 Å². The lowest BCUT2D eigenvalue weighted by molar-refractivity contribution is -0.148. The predicted octanol–water partition coefficient (Wildman–Crippen LogP) is 2.03. The molecule has 9 heteroatoms. The first-order valence-electron chi connectivity index (χ1n) is 11.0. The van der Waals surface area contributed by atoms with Crippen LogP contribution in [0.1, 0.15) is 51.0 Å². The second kappa shape index (κ2) is 10.8. The molecule has 3 rings (SSSR count). The molecule has 1 saturated carbocycles. The molecule has 0 unspecified atom stereocenters.